The number of carbonyl (C=O) groups excluding carboxylic acids is 3. The Hall–Kier alpha value is -4.19. The van der Waals surface area contributed by atoms with Gasteiger partial charge in [0.05, 0.1) is 23.9 Å². The highest BCUT2D eigenvalue weighted by Gasteiger charge is 2.36. The first kappa shape index (κ1) is 19.1. The van der Waals surface area contributed by atoms with E-state index in [0.29, 0.717) is 22.6 Å². The molecule has 0 saturated heterocycles. The molecule has 2 amide bonds. The van der Waals surface area contributed by atoms with Gasteiger partial charge in [0.15, 0.2) is 0 Å². The van der Waals surface area contributed by atoms with Crippen molar-refractivity contribution in [3.63, 3.8) is 0 Å². The van der Waals surface area contributed by atoms with Crippen LogP contribution in [0.5, 0.6) is 11.5 Å². The van der Waals surface area contributed by atoms with E-state index in [9.17, 15) is 14.4 Å². The number of hydrogen-bond donors (Lipinski definition) is 0. The number of benzene rings is 3. The van der Waals surface area contributed by atoms with Crippen LogP contribution in [0.15, 0.2) is 78.9 Å². The molecule has 0 unspecified atom stereocenters. The summed E-state index contributed by atoms with van der Waals surface area (Å²) in [6.45, 7) is 0. The second-order valence-corrected chi connectivity index (χ2v) is 6.51. The summed E-state index contributed by atoms with van der Waals surface area (Å²) < 4.78 is 10.4. The van der Waals surface area contributed by atoms with Crippen LogP contribution in [0.4, 0.5) is 5.69 Å². The largest absolute Gasteiger partial charge is 0.497 e. The van der Waals surface area contributed by atoms with Crippen LogP contribution in [-0.2, 0) is 4.79 Å². The van der Waals surface area contributed by atoms with Gasteiger partial charge < -0.3 is 9.47 Å². The number of rotatable bonds is 5. The average molecular weight is 399 g/mol. The van der Waals surface area contributed by atoms with E-state index >= 15 is 0 Å². The third-order valence-corrected chi connectivity index (χ3v) is 4.64. The smallest absolute Gasteiger partial charge is 0.336 e. The zero-order valence-electron chi connectivity index (χ0n) is 16.1. The quantitative estimate of drug-likeness (QED) is 0.279. The molecule has 0 fully saturated rings. The summed E-state index contributed by atoms with van der Waals surface area (Å²) in [6, 6.07) is 20.1. The van der Waals surface area contributed by atoms with Crippen molar-refractivity contribution in [3.05, 3.63) is 95.6 Å². The van der Waals surface area contributed by atoms with Gasteiger partial charge in [0.25, 0.3) is 11.8 Å². The number of hydrogen-bond acceptors (Lipinski definition) is 5. The number of imide groups is 1. The lowest BCUT2D eigenvalue weighted by atomic mass is 10.1. The number of nitrogens with zero attached hydrogens (tertiary/aromatic N) is 1. The van der Waals surface area contributed by atoms with Crippen LogP contribution in [0.2, 0.25) is 0 Å². The minimum Gasteiger partial charge on any atom is -0.497 e. The van der Waals surface area contributed by atoms with Gasteiger partial charge in [-0.25, -0.2) is 9.69 Å². The number of methoxy groups -OCH3 is 1. The molecule has 148 valence electrons. The first-order valence-corrected chi connectivity index (χ1v) is 9.18. The number of esters is 1. The van der Waals surface area contributed by atoms with Gasteiger partial charge in [-0.2, -0.15) is 0 Å². The minimum absolute atomic E-state index is 0.305. The normalized spacial score (nSPS) is 12.9. The Bertz CT molecular complexity index is 1110. The van der Waals surface area contributed by atoms with Gasteiger partial charge in [0.2, 0.25) is 0 Å². The van der Waals surface area contributed by atoms with E-state index in [1.54, 1.807) is 61.7 Å². The van der Waals surface area contributed by atoms with E-state index in [0.717, 1.165) is 16.2 Å². The van der Waals surface area contributed by atoms with Gasteiger partial charge in [-0.3, -0.25) is 9.59 Å². The monoisotopic (exact) mass is 399 g/mol. The predicted octanol–water partition coefficient (Wildman–Crippen LogP) is 4.11. The van der Waals surface area contributed by atoms with E-state index < -0.39 is 5.97 Å². The van der Waals surface area contributed by atoms with Crippen molar-refractivity contribution >= 4 is 29.5 Å². The van der Waals surface area contributed by atoms with Gasteiger partial charge >= 0.3 is 5.97 Å². The molecule has 3 aromatic rings. The van der Waals surface area contributed by atoms with Crippen molar-refractivity contribution in [1.82, 2.24) is 0 Å². The maximum atomic E-state index is 12.5. The van der Waals surface area contributed by atoms with Crippen molar-refractivity contribution in [2.24, 2.45) is 0 Å². The summed E-state index contributed by atoms with van der Waals surface area (Å²) in [5, 5.41) is 0. The van der Waals surface area contributed by atoms with E-state index in [1.807, 2.05) is 12.1 Å². The molecule has 1 aliphatic heterocycles. The van der Waals surface area contributed by atoms with Crippen LogP contribution in [-0.4, -0.2) is 24.9 Å². The second-order valence-electron chi connectivity index (χ2n) is 6.51. The van der Waals surface area contributed by atoms with Crippen LogP contribution < -0.4 is 14.4 Å². The SMILES string of the molecule is COc1ccc(/C=C/C(=O)Oc2ccc(N3C(=O)c4ccccc4C3=O)cc2)cc1. The Morgan fingerprint density at radius 1 is 0.800 bits per heavy atom. The summed E-state index contributed by atoms with van der Waals surface area (Å²) in [4.78, 5) is 38.2. The fraction of sp³-hybridized carbons (Fsp3) is 0.0417. The maximum Gasteiger partial charge on any atom is 0.336 e. The molecule has 1 heterocycles. The third-order valence-electron chi connectivity index (χ3n) is 4.64. The van der Waals surface area contributed by atoms with E-state index in [1.165, 1.54) is 18.2 Å². The van der Waals surface area contributed by atoms with Crippen molar-refractivity contribution in [3.8, 4) is 11.5 Å². The van der Waals surface area contributed by atoms with Gasteiger partial charge in [-0.15, -0.1) is 0 Å². The Morgan fingerprint density at radius 2 is 1.37 bits per heavy atom. The Morgan fingerprint density at radius 3 is 1.93 bits per heavy atom. The lowest BCUT2D eigenvalue weighted by Crippen LogP contribution is -2.29. The van der Waals surface area contributed by atoms with Crippen LogP contribution in [0, 0.1) is 0 Å². The summed E-state index contributed by atoms with van der Waals surface area (Å²) in [7, 11) is 1.59. The third kappa shape index (κ3) is 3.71. The molecule has 0 aromatic heterocycles. The molecular formula is C24H17NO5. The molecule has 0 bridgehead atoms. The van der Waals surface area contributed by atoms with Crippen LogP contribution in [0.25, 0.3) is 6.08 Å². The Kier molecular flexibility index (Phi) is 5.13. The van der Waals surface area contributed by atoms with Gasteiger partial charge in [0.1, 0.15) is 11.5 Å². The molecule has 0 aliphatic carbocycles. The molecule has 3 aromatic carbocycles. The van der Waals surface area contributed by atoms with Crippen molar-refractivity contribution in [1.29, 1.82) is 0 Å². The van der Waals surface area contributed by atoms with E-state index in [2.05, 4.69) is 0 Å². The van der Waals surface area contributed by atoms with Gasteiger partial charge in [0, 0.05) is 6.08 Å². The standard InChI is InChI=1S/C24H17NO5/c1-29-18-11-6-16(7-12-18)8-15-22(26)30-19-13-9-17(10-14-19)25-23(27)20-4-2-3-5-21(20)24(25)28/h2-15H,1H3/b15-8+. The van der Waals surface area contributed by atoms with Crippen molar-refractivity contribution < 1.29 is 23.9 Å². The number of fused-ring (bicyclic) bond motifs is 1. The number of carbonyl (C=O) groups is 3. The second kappa shape index (κ2) is 8.05. The summed E-state index contributed by atoms with van der Waals surface area (Å²) >= 11 is 0. The highest BCUT2D eigenvalue weighted by atomic mass is 16.5. The first-order chi connectivity index (χ1) is 14.6. The summed E-state index contributed by atoms with van der Waals surface area (Å²) in [5.41, 5.74) is 1.99. The minimum atomic E-state index is -0.542. The van der Waals surface area contributed by atoms with Gasteiger partial charge in [-0.05, 0) is 60.2 Å². The highest BCUT2D eigenvalue weighted by Crippen LogP contribution is 2.29. The van der Waals surface area contributed by atoms with Crippen molar-refractivity contribution in [2.75, 3.05) is 12.0 Å². The topological polar surface area (TPSA) is 72.9 Å². The molecule has 6 heteroatoms. The molecule has 0 radical (unpaired) electrons. The first-order valence-electron chi connectivity index (χ1n) is 9.18. The highest BCUT2D eigenvalue weighted by molar-refractivity contribution is 6.34. The number of anilines is 1. The number of ether oxygens (including phenoxy) is 2. The molecule has 1 aliphatic rings. The molecular weight excluding hydrogens is 382 g/mol. The molecule has 4 rings (SSSR count). The van der Waals surface area contributed by atoms with E-state index in [4.69, 9.17) is 9.47 Å². The zero-order chi connectivity index (χ0) is 21.1. The lowest BCUT2D eigenvalue weighted by molar-refractivity contribution is -0.128. The maximum absolute atomic E-state index is 12.5. The summed E-state index contributed by atoms with van der Waals surface area (Å²) in [6.07, 6.45) is 2.95. The fourth-order valence-electron chi connectivity index (χ4n) is 3.12. The number of amides is 2. The Balaban J connectivity index is 1.43. The van der Waals surface area contributed by atoms with Crippen LogP contribution in [0.1, 0.15) is 26.3 Å². The Labute approximate surface area is 173 Å². The zero-order valence-corrected chi connectivity index (χ0v) is 16.1. The predicted molar refractivity (Wildman–Crippen MR) is 112 cm³/mol. The molecule has 30 heavy (non-hydrogen) atoms. The molecule has 6 nitrogen and oxygen atoms in total. The molecule has 0 saturated carbocycles. The fourth-order valence-corrected chi connectivity index (χ4v) is 3.12. The van der Waals surface area contributed by atoms with Crippen LogP contribution in [0.3, 0.4) is 0 Å². The molecule has 0 atom stereocenters. The molecule has 0 N–H and O–H groups in total. The van der Waals surface area contributed by atoms with E-state index in [-0.39, 0.29) is 11.8 Å². The van der Waals surface area contributed by atoms with Crippen LogP contribution >= 0.6 is 0 Å². The average Bonchev–Trinajstić information content (AvgIpc) is 3.04. The summed E-state index contributed by atoms with van der Waals surface area (Å²) in [5.74, 6) is -0.252. The van der Waals surface area contributed by atoms with Crippen molar-refractivity contribution in [2.45, 2.75) is 0 Å². The lowest BCUT2D eigenvalue weighted by Gasteiger charge is -2.14. The molecule has 0 spiro atoms. The van der Waals surface area contributed by atoms with Gasteiger partial charge in [-0.1, -0.05) is 24.3 Å².